The predicted octanol–water partition coefficient (Wildman–Crippen LogP) is 6.02. The molecule has 6 rings (SSSR count). The molecule has 0 bridgehead atoms. The fraction of sp³-hybridized carbons (Fsp3) is 0.206. The van der Waals surface area contributed by atoms with E-state index in [4.69, 9.17) is 14.5 Å². The zero-order valence-electron chi connectivity index (χ0n) is 24.6. The first-order valence-corrected chi connectivity index (χ1v) is 15.7. The van der Waals surface area contributed by atoms with Crippen LogP contribution >= 0.6 is 27.3 Å². The lowest BCUT2D eigenvalue weighted by Gasteiger charge is -2.25. The van der Waals surface area contributed by atoms with Crippen LogP contribution in [0.25, 0.3) is 17.0 Å². The van der Waals surface area contributed by atoms with Crippen molar-refractivity contribution < 1.29 is 18.7 Å². The first kappa shape index (κ1) is 29.8. The highest BCUT2D eigenvalue weighted by atomic mass is 79.9. The lowest BCUT2D eigenvalue weighted by molar-refractivity contribution is -0.139. The summed E-state index contributed by atoms with van der Waals surface area (Å²) >= 11 is 4.82. The van der Waals surface area contributed by atoms with Crippen molar-refractivity contribution in [2.45, 2.75) is 33.4 Å². The number of thiazole rings is 1. The third-order valence-electron chi connectivity index (χ3n) is 7.85. The summed E-state index contributed by atoms with van der Waals surface area (Å²) in [5.74, 6) is -0.161. The number of ether oxygens (including phenoxy) is 2. The maximum atomic E-state index is 14.6. The van der Waals surface area contributed by atoms with Crippen LogP contribution in [0.1, 0.15) is 42.3 Å². The van der Waals surface area contributed by atoms with Crippen molar-refractivity contribution in [3.8, 4) is 5.75 Å². The van der Waals surface area contributed by atoms with Crippen LogP contribution in [0.15, 0.2) is 92.3 Å². The summed E-state index contributed by atoms with van der Waals surface area (Å²) in [6, 6.07) is 19.4. The molecule has 0 aliphatic carbocycles. The van der Waals surface area contributed by atoms with Gasteiger partial charge in [0.05, 0.1) is 46.6 Å². The SMILES string of the molecule is CCOC(=O)C1=C(C)N=c2s/c(=C\c3c(C)n(Cc4ccccc4F)c4ccccc34)c(=O)n2[C@H]1c1ccc(OC)c(Br)c1. The van der Waals surface area contributed by atoms with E-state index < -0.39 is 12.0 Å². The smallest absolute Gasteiger partial charge is 0.338 e. The van der Waals surface area contributed by atoms with Crippen molar-refractivity contribution in [2.75, 3.05) is 13.7 Å². The van der Waals surface area contributed by atoms with Crippen LogP contribution in [0.5, 0.6) is 5.75 Å². The van der Waals surface area contributed by atoms with Crippen LogP contribution in [0.2, 0.25) is 0 Å². The highest BCUT2D eigenvalue weighted by molar-refractivity contribution is 9.10. The molecule has 0 saturated heterocycles. The quantitative estimate of drug-likeness (QED) is 0.198. The Morgan fingerprint density at radius 1 is 1.11 bits per heavy atom. The van der Waals surface area contributed by atoms with E-state index in [1.807, 2.05) is 55.5 Å². The van der Waals surface area contributed by atoms with Crippen LogP contribution in [-0.4, -0.2) is 28.8 Å². The summed E-state index contributed by atoms with van der Waals surface area (Å²) in [6.07, 6.45) is 1.88. The molecule has 224 valence electrons. The van der Waals surface area contributed by atoms with E-state index in [0.29, 0.717) is 48.5 Å². The summed E-state index contributed by atoms with van der Waals surface area (Å²) in [7, 11) is 1.58. The number of halogens is 2. The van der Waals surface area contributed by atoms with Gasteiger partial charge in [-0.3, -0.25) is 9.36 Å². The van der Waals surface area contributed by atoms with E-state index in [-0.39, 0.29) is 18.0 Å². The summed E-state index contributed by atoms with van der Waals surface area (Å²) < 4.78 is 30.3. The molecule has 0 fully saturated rings. The average molecular weight is 675 g/mol. The molecule has 44 heavy (non-hydrogen) atoms. The summed E-state index contributed by atoms with van der Waals surface area (Å²) in [4.78, 5) is 32.7. The van der Waals surface area contributed by atoms with E-state index in [1.165, 1.54) is 17.4 Å². The zero-order valence-corrected chi connectivity index (χ0v) is 27.0. The number of rotatable bonds is 7. The molecular formula is C34H29BrFN3O4S. The van der Waals surface area contributed by atoms with Crippen LogP contribution in [0.3, 0.4) is 0 Å². The number of nitrogens with zero attached hydrogens (tertiary/aromatic N) is 3. The Morgan fingerprint density at radius 2 is 1.86 bits per heavy atom. The van der Waals surface area contributed by atoms with Crippen LogP contribution in [0, 0.1) is 12.7 Å². The topological polar surface area (TPSA) is 74.8 Å². The molecule has 3 aromatic carbocycles. The maximum absolute atomic E-state index is 14.6. The monoisotopic (exact) mass is 673 g/mol. The number of para-hydroxylation sites is 1. The average Bonchev–Trinajstić information content (AvgIpc) is 3.46. The molecule has 1 aliphatic rings. The number of benzene rings is 3. The fourth-order valence-corrected chi connectivity index (χ4v) is 7.32. The Hall–Kier alpha value is -4.28. The Morgan fingerprint density at radius 3 is 2.59 bits per heavy atom. The molecule has 10 heteroatoms. The number of esters is 1. The van der Waals surface area contributed by atoms with Gasteiger partial charge in [-0.15, -0.1) is 0 Å². The minimum absolute atomic E-state index is 0.190. The molecule has 2 aromatic heterocycles. The number of methoxy groups -OCH3 is 1. The van der Waals surface area contributed by atoms with Crippen LogP contribution < -0.4 is 19.6 Å². The molecule has 3 heterocycles. The lowest BCUT2D eigenvalue weighted by atomic mass is 9.96. The first-order valence-electron chi connectivity index (χ1n) is 14.1. The van der Waals surface area contributed by atoms with E-state index >= 15 is 0 Å². The third kappa shape index (κ3) is 5.11. The second kappa shape index (κ2) is 12.0. The minimum atomic E-state index is -0.752. The van der Waals surface area contributed by atoms with Gasteiger partial charge in [0, 0.05) is 27.7 Å². The van der Waals surface area contributed by atoms with Crippen molar-refractivity contribution in [1.82, 2.24) is 9.13 Å². The van der Waals surface area contributed by atoms with Crippen molar-refractivity contribution in [2.24, 2.45) is 4.99 Å². The van der Waals surface area contributed by atoms with Crippen molar-refractivity contribution in [1.29, 1.82) is 0 Å². The molecule has 7 nitrogen and oxygen atoms in total. The predicted molar refractivity (Wildman–Crippen MR) is 173 cm³/mol. The number of aromatic nitrogens is 2. The van der Waals surface area contributed by atoms with E-state index in [0.717, 1.165) is 22.2 Å². The van der Waals surface area contributed by atoms with Gasteiger partial charge in [0.2, 0.25) is 0 Å². The van der Waals surface area contributed by atoms with Crippen LogP contribution in [0.4, 0.5) is 4.39 Å². The molecule has 1 aliphatic heterocycles. The molecule has 0 saturated carbocycles. The fourth-order valence-electron chi connectivity index (χ4n) is 5.73. The molecule has 0 amide bonds. The maximum Gasteiger partial charge on any atom is 0.338 e. The largest absolute Gasteiger partial charge is 0.496 e. The normalized spacial score (nSPS) is 15.0. The Kier molecular flexibility index (Phi) is 8.13. The van der Waals surface area contributed by atoms with Gasteiger partial charge in [0.15, 0.2) is 4.80 Å². The van der Waals surface area contributed by atoms with Gasteiger partial charge in [-0.25, -0.2) is 14.2 Å². The van der Waals surface area contributed by atoms with Crippen molar-refractivity contribution in [3.05, 3.63) is 130 Å². The molecule has 0 spiro atoms. The second-order valence-corrected chi connectivity index (χ2v) is 12.3. The van der Waals surface area contributed by atoms with Gasteiger partial charge in [0.25, 0.3) is 5.56 Å². The lowest BCUT2D eigenvalue weighted by Crippen LogP contribution is -2.40. The second-order valence-electron chi connectivity index (χ2n) is 10.4. The molecule has 0 unspecified atom stereocenters. The zero-order chi connectivity index (χ0) is 31.1. The number of allylic oxidation sites excluding steroid dienone is 1. The molecule has 0 radical (unpaired) electrons. The Labute approximate surface area is 265 Å². The number of hydrogen-bond donors (Lipinski definition) is 0. The molecule has 1 atom stereocenters. The number of carbonyl (C=O) groups excluding carboxylic acids is 1. The highest BCUT2D eigenvalue weighted by Gasteiger charge is 2.33. The van der Waals surface area contributed by atoms with E-state index in [1.54, 1.807) is 43.7 Å². The Bertz CT molecular complexity index is 2160. The number of fused-ring (bicyclic) bond motifs is 2. The number of hydrogen-bond acceptors (Lipinski definition) is 6. The highest BCUT2D eigenvalue weighted by Crippen LogP contribution is 2.35. The first-order chi connectivity index (χ1) is 21.2. The van der Waals surface area contributed by atoms with Gasteiger partial charge in [-0.05, 0) is 72.6 Å². The Balaban J connectivity index is 1.56. The molecule has 5 aromatic rings. The van der Waals surface area contributed by atoms with Gasteiger partial charge in [-0.2, -0.15) is 0 Å². The molecule has 0 N–H and O–H groups in total. The van der Waals surface area contributed by atoms with E-state index in [9.17, 15) is 14.0 Å². The minimum Gasteiger partial charge on any atom is -0.496 e. The van der Waals surface area contributed by atoms with Gasteiger partial charge in [-0.1, -0.05) is 53.8 Å². The van der Waals surface area contributed by atoms with Crippen LogP contribution in [-0.2, 0) is 16.1 Å². The summed E-state index contributed by atoms with van der Waals surface area (Å²) in [5.41, 5.74) is 4.52. The van der Waals surface area contributed by atoms with Gasteiger partial charge in [0.1, 0.15) is 11.6 Å². The standard InChI is InChI=1S/C34H29BrFN3O4S/c1-5-43-33(41)30-19(2)37-34-39(31(30)21-14-15-28(42-4)25(35)16-21)32(40)29(44-34)17-24-20(3)38(27-13-9-7-11-23(24)27)18-22-10-6-8-12-26(22)36/h6-17,31H,5,18H2,1-4H3/b29-17-/t31-/m0/s1. The molecular weight excluding hydrogens is 645 g/mol. The summed E-state index contributed by atoms with van der Waals surface area (Å²) in [6.45, 7) is 6.02. The third-order valence-corrected chi connectivity index (χ3v) is 9.45. The van der Waals surface area contributed by atoms with Gasteiger partial charge < -0.3 is 14.0 Å². The van der Waals surface area contributed by atoms with E-state index in [2.05, 4.69) is 20.5 Å². The van der Waals surface area contributed by atoms with Crippen molar-refractivity contribution in [3.63, 3.8) is 0 Å². The van der Waals surface area contributed by atoms with Gasteiger partial charge >= 0.3 is 5.97 Å². The van der Waals surface area contributed by atoms with Crippen molar-refractivity contribution >= 4 is 50.2 Å². The summed E-state index contributed by atoms with van der Waals surface area (Å²) in [5, 5.41) is 0.950. The number of carbonyl (C=O) groups is 1.